The molecule has 17 heavy (non-hydrogen) atoms. The second-order valence-electron chi connectivity index (χ2n) is 3.27. The molecule has 88 valence electrons. The van der Waals surface area contributed by atoms with E-state index in [2.05, 4.69) is 15.3 Å². The van der Waals surface area contributed by atoms with Crippen molar-refractivity contribution in [3.63, 3.8) is 0 Å². The second kappa shape index (κ2) is 4.65. The molecule has 0 saturated carbocycles. The highest BCUT2D eigenvalue weighted by Gasteiger charge is 2.07. The minimum absolute atomic E-state index is 0.215. The van der Waals surface area contributed by atoms with E-state index in [1.165, 1.54) is 6.33 Å². The van der Waals surface area contributed by atoms with Gasteiger partial charge in [-0.2, -0.15) is 0 Å². The maximum absolute atomic E-state index is 6.01. The van der Waals surface area contributed by atoms with E-state index in [4.69, 9.17) is 34.7 Å². The van der Waals surface area contributed by atoms with Gasteiger partial charge in [-0.1, -0.05) is 23.2 Å². The Kier molecular flexibility index (Phi) is 3.21. The van der Waals surface area contributed by atoms with Crippen LogP contribution in [0, 0.1) is 0 Å². The zero-order valence-electron chi connectivity index (χ0n) is 8.61. The molecule has 0 radical (unpaired) electrons. The van der Waals surface area contributed by atoms with Gasteiger partial charge in [0.1, 0.15) is 12.0 Å². The summed E-state index contributed by atoms with van der Waals surface area (Å²) in [6.07, 6.45) is 1.32. The third kappa shape index (κ3) is 2.51. The van der Waals surface area contributed by atoms with Crippen molar-refractivity contribution in [3.05, 3.63) is 34.6 Å². The predicted molar refractivity (Wildman–Crippen MR) is 70.6 cm³/mol. The van der Waals surface area contributed by atoms with E-state index in [0.29, 0.717) is 21.6 Å². The zero-order valence-corrected chi connectivity index (χ0v) is 10.1. The molecular weight excluding hydrogens is 261 g/mol. The van der Waals surface area contributed by atoms with Crippen molar-refractivity contribution in [2.24, 2.45) is 0 Å². The number of benzene rings is 1. The van der Waals surface area contributed by atoms with Crippen LogP contribution >= 0.6 is 23.2 Å². The maximum Gasteiger partial charge on any atom is 0.159 e. The van der Waals surface area contributed by atoms with E-state index in [1.807, 2.05) is 0 Å². The van der Waals surface area contributed by atoms with Crippen LogP contribution in [0.4, 0.5) is 23.0 Å². The fourth-order valence-electron chi connectivity index (χ4n) is 1.23. The van der Waals surface area contributed by atoms with Gasteiger partial charge < -0.3 is 16.8 Å². The third-order valence-corrected chi connectivity index (χ3v) is 2.65. The van der Waals surface area contributed by atoms with Gasteiger partial charge in [-0.15, -0.1) is 0 Å². The number of aromatic nitrogens is 2. The zero-order chi connectivity index (χ0) is 12.4. The molecule has 0 unspecified atom stereocenters. The van der Waals surface area contributed by atoms with Crippen molar-refractivity contribution in [1.29, 1.82) is 0 Å². The van der Waals surface area contributed by atoms with Gasteiger partial charge in [0, 0.05) is 5.02 Å². The number of hydrogen-bond donors (Lipinski definition) is 3. The number of nitrogens with two attached hydrogens (primary N) is 2. The lowest BCUT2D eigenvalue weighted by atomic mass is 10.3. The van der Waals surface area contributed by atoms with Crippen LogP contribution in [-0.2, 0) is 0 Å². The summed E-state index contributed by atoms with van der Waals surface area (Å²) in [5.74, 6) is 0.620. The Morgan fingerprint density at radius 1 is 1.12 bits per heavy atom. The Morgan fingerprint density at radius 3 is 2.59 bits per heavy atom. The van der Waals surface area contributed by atoms with Gasteiger partial charge in [-0.25, -0.2) is 9.97 Å². The first-order chi connectivity index (χ1) is 8.08. The minimum Gasteiger partial charge on any atom is -0.393 e. The van der Waals surface area contributed by atoms with E-state index in [9.17, 15) is 0 Å². The summed E-state index contributed by atoms with van der Waals surface area (Å²) in [5.41, 5.74) is 12.2. The largest absolute Gasteiger partial charge is 0.393 e. The summed E-state index contributed by atoms with van der Waals surface area (Å²) in [4.78, 5) is 7.74. The minimum atomic E-state index is 0.215. The Balaban J connectivity index is 2.35. The molecule has 0 atom stereocenters. The van der Waals surface area contributed by atoms with Gasteiger partial charge in [0.05, 0.1) is 10.7 Å². The van der Waals surface area contributed by atoms with Crippen LogP contribution in [-0.4, -0.2) is 9.97 Å². The van der Waals surface area contributed by atoms with E-state index in [-0.39, 0.29) is 11.5 Å². The molecule has 1 aromatic carbocycles. The second-order valence-corrected chi connectivity index (χ2v) is 4.11. The Morgan fingerprint density at radius 2 is 1.88 bits per heavy atom. The molecule has 1 aromatic heterocycles. The first-order valence-corrected chi connectivity index (χ1v) is 5.41. The first-order valence-electron chi connectivity index (χ1n) is 4.66. The number of nitrogen functional groups attached to an aromatic ring is 2. The fraction of sp³-hybridized carbons (Fsp3) is 0. The monoisotopic (exact) mass is 269 g/mol. The highest BCUT2D eigenvalue weighted by molar-refractivity contribution is 6.36. The Bertz CT molecular complexity index is 558. The highest BCUT2D eigenvalue weighted by atomic mass is 35.5. The van der Waals surface area contributed by atoms with Gasteiger partial charge in [-0.05, 0) is 18.2 Å². The van der Waals surface area contributed by atoms with Crippen molar-refractivity contribution in [3.8, 4) is 0 Å². The van der Waals surface area contributed by atoms with Crippen molar-refractivity contribution >= 4 is 46.2 Å². The standard InChI is InChI=1S/C10H9Cl2N5/c11-5-1-2-7(6(12)3-5)17-10-8(13)9(14)15-4-16-10/h1-4H,13H2,(H3,14,15,16,17). The molecule has 0 amide bonds. The van der Waals surface area contributed by atoms with Gasteiger partial charge in [-0.3, -0.25) is 0 Å². The van der Waals surface area contributed by atoms with Gasteiger partial charge >= 0.3 is 0 Å². The van der Waals surface area contributed by atoms with E-state index >= 15 is 0 Å². The molecule has 7 heteroatoms. The molecule has 0 aliphatic heterocycles. The summed E-state index contributed by atoms with van der Waals surface area (Å²) in [7, 11) is 0. The molecule has 5 N–H and O–H groups in total. The molecule has 5 nitrogen and oxygen atoms in total. The van der Waals surface area contributed by atoms with Crippen LogP contribution in [0.5, 0.6) is 0 Å². The van der Waals surface area contributed by atoms with Crippen LogP contribution in [0.1, 0.15) is 0 Å². The van der Waals surface area contributed by atoms with E-state index in [0.717, 1.165) is 0 Å². The lowest BCUT2D eigenvalue weighted by molar-refractivity contribution is 1.18. The fourth-order valence-corrected chi connectivity index (χ4v) is 1.68. The molecule has 0 spiro atoms. The number of halogens is 2. The van der Waals surface area contributed by atoms with Crippen molar-refractivity contribution in [1.82, 2.24) is 9.97 Å². The van der Waals surface area contributed by atoms with Crippen LogP contribution in [0.15, 0.2) is 24.5 Å². The summed E-state index contributed by atoms with van der Waals surface area (Å²) in [6.45, 7) is 0. The van der Waals surface area contributed by atoms with Gasteiger partial charge in [0.25, 0.3) is 0 Å². The summed E-state index contributed by atoms with van der Waals surface area (Å²) < 4.78 is 0. The average molecular weight is 270 g/mol. The molecule has 2 rings (SSSR count). The van der Waals surface area contributed by atoms with Crippen LogP contribution in [0.3, 0.4) is 0 Å². The molecular formula is C10H9Cl2N5. The first kappa shape index (κ1) is 11.8. The molecule has 1 heterocycles. The van der Waals surface area contributed by atoms with E-state index < -0.39 is 0 Å². The number of rotatable bonds is 2. The predicted octanol–water partition coefficient (Wildman–Crippen LogP) is 2.69. The number of hydrogen-bond acceptors (Lipinski definition) is 5. The Hall–Kier alpha value is -1.72. The molecule has 0 fully saturated rings. The van der Waals surface area contributed by atoms with Crippen molar-refractivity contribution < 1.29 is 0 Å². The van der Waals surface area contributed by atoms with E-state index in [1.54, 1.807) is 18.2 Å². The molecule has 0 saturated heterocycles. The molecule has 2 aromatic rings. The number of anilines is 4. The smallest absolute Gasteiger partial charge is 0.159 e. The molecule has 0 aliphatic rings. The van der Waals surface area contributed by atoms with Crippen LogP contribution in [0.2, 0.25) is 10.0 Å². The molecule has 0 aliphatic carbocycles. The van der Waals surface area contributed by atoms with Crippen molar-refractivity contribution in [2.75, 3.05) is 16.8 Å². The summed E-state index contributed by atoms with van der Waals surface area (Å²) >= 11 is 11.8. The number of nitrogens with zero attached hydrogens (tertiary/aromatic N) is 2. The lowest BCUT2D eigenvalue weighted by Gasteiger charge is -2.10. The summed E-state index contributed by atoms with van der Waals surface area (Å²) in [5, 5.41) is 3.98. The van der Waals surface area contributed by atoms with Crippen LogP contribution < -0.4 is 16.8 Å². The SMILES string of the molecule is Nc1ncnc(Nc2ccc(Cl)cc2Cl)c1N. The van der Waals surface area contributed by atoms with Gasteiger partial charge in [0.2, 0.25) is 0 Å². The lowest BCUT2D eigenvalue weighted by Crippen LogP contribution is -2.04. The van der Waals surface area contributed by atoms with Crippen LogP contribution in [0.25, 0.3) is 0 Å². The maximum atomic E-state index is 6.01. The normalized spacial score (nSPS) is 10.2. The summed E-state index contributed by atoms with van der Waals surface area (Å²) in [6, 6.07) is 5.05. The molecule has 0 bridgehead atoms. The number of nitrogens with one attached hydrogen (secondary N) is 1. The quantitative estimate of drug-likeness (QED) is 0.780. The third-order valence-electron chi connectivity index (χ3n) is 2.10. The average Bonchev–Trinajstić information content (AvgIpc) is 2.28. The topological polar surface area (TPSA) is 89.8 Å². The highest BCUT2D eigenvalue weighted by Crippen LogP contribution is 2.30. The van der Waals surface area contributed by atoms with Gasteiger partial charge in [0.15, 0.2) is 11.6 Å². The van der Waals surface area contributed by atoms with Crippen molar-refractivity contribution in [2.45, 2.75) is 0 Å². The Labute approximate surface area is 108 Å².